The highest BCUT2D eigenvalue weighted by atomic mass is 79.9. The van der Waals surface area contributed by atoms with E-state index in [0.717, 1.165) is 21.2 Å². The summed E-state index contributed by atoms with van der Waals surface area (Å²) in [5.74, 6) is -0.823. The Morgan fingerprint density at radius 3 is 2.30 bits per heavy atom. The van der Waals surface area contributed by atoms with Crippen molar-refractivity contribution in [1.82, 2.24) is 0 Å². The van der Waals surface area contributed by atoms with E-state index in [1.54, 1.807) is 18.2 Å². The van der Waals surface area contributed by atoms with E-state index >= 15 is 0 Å². The Balaban J connectivity index is 2.20. The first-order valence-corrected chi connectivity index (χ1v) is 8.02. The second-order valence-corrected chi connectivity index (χ2v) is 6.23. The standard InChI is InChI=1S/C20H14BrFO/c1-13-6-2-3-7-15(13)16-11-10-14(21)12-18(16)20(23)17-8-4-5-9-19(17)22/h2-12H,1H3. The van der Waals surface area contributed by atoms with Gasteiger partial charge in [0.15, 0.2) is 5.78 Å². The fraction of sp³-hybridized carbons (Fsp3) is 0.0500. The van der Waals surface area contributed by atoms with Crippen molar-refractivity contribution in [2.75, 3.05) is 0 Å². The number of hydrogen-bond donors (Lipinski definition) is 0. The van der Waals surface area contributed by atoms with Gasteiger partial charge in [-0.3, -0.25) is 4.79 Å². The Hall–Kier alpha value is -2.26. The average Bonchev–Trinajstić information content (AvgIpc) is 2.55. The van der Waals surface area contributed by atoms with Crippen molar-refractivity contribution >= 4 is 21.7 Å². The van der Waals surface area contributed by atoms with Crippen LogP contribution in [-0.4, -0.2) is 5.78 Å². The first kappa shape index (κ1) is 15.6. The molecule has 3 aromatic rings. The Morgan fingerprint density at radius 2 is 1.57 bits per heavy atom. The zero-order valence-corrected chi connectivity index (χ0v) is 14.1. The third-order valence-corrected chi connectivity index (χ3v) is 4.27. The van der Waals surface area contributed by atoms with Gasteiger partial charge in [0, 0.05) is 10.0 Å². The molecule has 0 aromatic heterocycles. The SMILES string of the molecule is Cc1ccccc1-c1ccc(Br)cc1C(=O)c1ccccc1F. The van der Waals surface area contributed by atoms with Crippen LogP contribution in [0.3, 0.4) is 0 Å². The van der Waals surface area contributed by atoms with Gasteiger partial charge < -0.3 is 0 Å². The summed E-state index contributed by atoms with van der Waals surface area (Å²) in [6.07, 6.45) is 0. The number of ketones is 1. The number of halogens is 2. The number of aryl methyl sites for hydroxylation is 1. The van der Waals surface area contributed by atoms with Crippen LogP contribution < -0.4 is 0 Å². The van der Waals surface area contributed by atoms with Crippen molar-refractivity contribution < 1.29 is 9.18 Å². The highest BCUT2D eigenvalue weighted by Gasteiger charge is 2.18. The van der Waals surface area contributed by atoms with Gasteiger partial charge in [-0.1, -0.05) is 58.4 Å². The topological polar surface area (TPSA) is 17.1 Å². The molecule has 3 heteroatoms. The van der Waals surface area contributed by atoms with Gasteiger partial charge in [0.25, 0.3) is 0 Å². The quantitative estimate of drug-likeness (QED) is 0.534. The summed E-state index contributed by atoms with van der Waals surface area (Å²) in [6.45, 7) is 1.99. The molecule has 0 atom stereocenters. The maximum absolute atomic E-state index is 14.0. The molecule has 0 N–H and O–H groups in total. The molecule has 0 radical (unpaired) electrons. The third-order valence-electron chi connectivity index (χ3n) is 3.78. The number of hydrogen-bond acceptors (Lipinski definition) is 1. The molecule has 0 unspecified atom stereocenters. The number of benzene rings is 3. The van der Waals surface area contributed by atoms with Crippen molar-refractivity contribution in [2.45, 2.75) is 6.92 Å². The molecule has 0 heterocycles. The first-order valence-electron chi connectivity index (χ1n) is 7.22. The summed E-state index contributed by atoms with van der Waals surface area (Å²) in [5.41, 5.74) is 3.41. The zero-order valence-electron chi connectivity index (χ0n) is 12.5. The van der Waals surface area contributed by atoms with Gasteiger partial charge in [-0.2, -0.15) is 0 Å². The van der Waals surface area contributed by atoms with Crippen molar-refractivity contribution in [2.24, 2.45) is 0 Å². The minimum absolute atomic E-state index is 0.0837. The van der Waals surface area contributed by atoms with Gasteiger partial charge >= 0.3 is 0 Å². The molecule has 0 fully saturated rings. The highest BCUT2D eigenvalue weighted by Crippen LogP contribution is 2.31. The van der Waals surface area contributed by atoms with E-state index in [1.165, 1.54) is 12.1 Å². The van der Waals surface area contributed by atoms with E-state index in [1.807, 2.05) is 43.3 Å². The molecule has 114 valence electrons. The number of carbonyl (C=O) groups excluding carboxylic acids is 1. The highest BCUT2D eigenvalue weighted by molar-refractivity contribution is 9.10. The molecule has 0 bridgehead atoms. The lowest BCUT2D eigenvalue weighted by atomic mass is 9.92. The van der Waals surface area contributed by atoms with Crippen molar-refractivity contribution in [1.29, 1.82) is 0 Å². The van der Waals surface area contributed by atoms with E-state index in [-0.39, 0.29) is 11.3 Å². The molecular formula is C20H14BrFO. The molecule has 0 saturated carbocycles. The van der Waals surface area contributed by atoms with Gasteiger partial charge in [0.2, 0.25) is 0 Å². The summed E-state index contributed by atoms with van der Waals surface area (Å²) in [5, 5.41) is 0. The largest absolute Gasteiger partial charge is 0.288 e. The van der Waals surface area contributed by atoms with Crippen molar-refractivity contribution in [3.05, 3.63) is 93.7 Å². The Morgan fingerprint density at radius 1 is 0.870 bits per heavy atom. The van der Waals surface area contributed by atoms with Gasteiger partial charge in [-0.05, 0) is 47.9 Å². The van der Waals surface area contributed by atoms with E-state index < -0.39 is 5.82 Å². The average molecular weight is 369 g/mol. The minimum Gasteiger partial charge on any atom is -0.288 e. The van der Waals surface area contributed by atoms with Gasteiger partial charge in [-0.15, -0.1) is 0 Å². The summed E-state index contributed by atoms with van der Waals surface area (Å²) in [4.78, 5) is 12.9. The van der Waals surface area contributed by atoms with Crippen LogP contribution in [0.25, 0.3) is 11.1 Å². The van der Waals surface area contributed by atoms with E-state index in [0.29, 0.717) is 5.56 Å². The number of rotatable bonds is 3. The molecule has 0 saturated heterocycles. The second kappa shape index (κ2) is 6.47. The van der Waals surface area contributed by atoms with E-state index in [4.69, 9.17) is 0 Å². The molecule has 3 rings (SSSR count). The van der Waals surface area contributed by atoms with Gasteiger partial charge in [-0.25, -0.2) is 4.39 Å². The lowest BCUT2D eigenvalue weighted by molar-refractivity contribution is 0.103. The van der Waals surface area contributed by atoms with Gasteiger partial charge in [0.1, 0.15) is 5.82 Å². The molecule has 0 aliphatic heterocycles. The molecule has 0 aliphatic carbocycles. The predicted octanol–water partition coefficient (Wildman–Crippen LogP) is 5.79. The summed E-state index contributed by atoms with van der Waals surface area (Å²) < 4.78 is 14.8. The number of carbonyl (C=O) groups is 1. The molecule has 0 spiro atoms. The first-order chi connectivity index (χ1) is 11.1. The fourth-order valence-electron chi connectivity index (χ4n) is 2.60. The minimum atomic E-state index is -0.506. The van der Waals surface area contributed by atoms with E-state index in [2.05, 4.69) is 15.9 Å². The predicted molar refractivity (Wildman–Crippen MR) is 94.1 cm³/mol. The monoisotopic (exact) mass is 368 g/mol. The van der Waals surface area contributed by atoms with Crippen molar-refractivity contribution in [3.8, 4) is 11.1 Å². The Kier molecular flexibility index (Phi) is 4.39. The molecule has 1 nitrogen and oxygen atoms in total. The zero-order chi connectivity index (χ0) is 16.4. The van der Waals surface area contributed by atoms with Crippen LogP contribution in [0.1, 0.15) is 21.5 Å². The summed E-state index contributed by atoms with van der Waals surface area (Å²) in [6, 6.07) is 19.4. The summed E-state index contributed by atoms with van der Waals surface area (Å²) in [7, 11) is 0. The normalized spacial score (nSPS) is 10.6. The third kappa shape index (κ3) is 3.10. The molecule has 0 amide bonds. The smallest absolute Gasteiger partial charge is 0.196 e. The van der Waals surface area contributed by atoms with Crippen LogP contribution in [0.15, 0.2) is 71.2 Å². The van der Waals surface area contributed by atoms with Gasteiger partial charge in [0.05, 0.1) is 5.56 Å². The van der Waals surface area contributed by atoms with Crippen LogP contribution in [0, 0.1) is 12.7 Å². The summed E-state index contributed by atoms with van der Waals surface area (Å²) >= 11 is 3.40. The van der Waals surface area contributed by atoms with Crippen molar-refractivity contribution in [3.63, 3.8) is 0 Å². The Bertz CT molecular complexity index is 886. The second-order valence-electron chi connectivity index (χ2n) is 5.31. The maximum Gasteiger partial charge on any atom is 0.196 e. The lowest BCUT2D eigenvalue weighted by Crippen LogP contribution is -2.06. The van der Waals surface area contributed by atoms with E-state index in [9.17, 15) is 9.18 Å². The maximum atomic E-state index is 14.0. The van der Waals surface area contributed by atoms with Crippen LogP contribution in [-0.2, 0) is 0 Å². The molecule has 23 heavy (non-hydrogen) atoms. The molecular weight excluding hydrogens is 355 g/mol. The molecule has 0 aliphatic rings. The van der Waals surface area contributed by atoms with Crippen LogP contribution in [0.2, 0.25) is 0 Å². The lowest BCUT2D eigenvalue weighted by Gasteiger charge is -2.12. The van der Waals surface area contributed by atoms with Crippen LogP contribution in [0.5, 0.6) is 0 Å². The Labute approximate surface area is 142 Å². The fourth-order valence-corrected chi connectivity index (χ4v) is 2.97. The molecule has 3 aromatic carbocycles. The van der Waals surface area contributed by atoms with Crippen LogP contribution >= 0.6 is 15.9 Å². The van der Waals surface area contributed by atoms with Crippen LogP contribution in [0.4, 0.5) is 4.39 Å².